The summed E-state index contributed by atoms with van der Waals surface area (Å²) in [5, 5.41) is 0.481. The molecule has 2 rings (SSSR count). The number of benzene rings is 1. The zero-order chi connectivity index (χ0) is 14.8. The van der Waals surface area contributed by atoms with Gasteiger partial charge in [0.15, 0.2) is 0 Å². The van der Waals surface area contributed by atoms with E-state index in [0.29, 0.717) is 15.2 Å². The van der Waals surface area contributed by atoms with Gasteiger partial charge >= 0.3 is 0 Å². The van der Waals surface area contributed by atoms with Gasteiger partial charge < -0.3 is 0 Å². The highest BCUT2D eigenvalue weighted by Crippen LogP contribution is 2.26. The monoisotopic (exact) mass is 377 g/mol. The van der Waals surface area contributed by atoms with Crippen LogP contribution in [0.1, 0.15) is 0 Å². The van der Waals surface area contributed by atoms with E-state index in [0.717, 1.165) is 12.4 Å². The van der Waals surface area contributed by atoms with Crippen molar-refractivity contribution in [2.75, 3.05) is 10.1 Å². The van der Waals surface area contributed by atoms with Crippen molar-refractivity contribution in [3.05, 3.63) is 40.1 Å². The highest BCUT2D eigenvalue weighted by molar-refractivity contribution is 9.10. The molecule has 0 aliphatic carbocycles. The molecular formula is C10H9BrClN5O2S. The predicted molar refractivity (Wildman–Crippen MR) is 79.8 cm³/mol. The van der Waals surface area contributed by atoms with Gasteiger partial charge in [-0.15, -0.1) is 0 Å². The van der Waals surface area contributed by atoms with Gasteiger partial charge in [0.2, 0.25) is 5.95 Å². The molecule has 4 N–H and O–H groups in total. The van der Waals surface area contributed by atoms with Crippen molar-refractivity contribution in [1.29, 1.82) is 0 Å². The Labute approximate surface area is 128 Å². The third-order valence-corrected chi connectivity index (χ3v) is 4.79. The van der Waals surface area contributed by atoms with Crippen molar-refractivity contribution in [2.24, 2.45) is 5.84 Å². The molecule has 0 radical (unpaired) electrons. The van der Waals surface area contributed by atoms with E-state index in [1.54, 1.807) is 18.2 Å². The lowest BCUT2D eigenvalue weighted by molar-refractivity contribution is 0.600. The second-order valence-electron chi connectivity index (χ2n) is 3.62. The van der Waals surface area contributed by atoms with Crippen LogP contribution >= 0.6 is 27.5 Å². The Morgan fingerprint density at radius 2 is 1.90 bits per heavy atom. The standard InChI is InChI=1S/C10H9BrClN5O2S/c11-8-3-6(1-2-9(8)12)17-20(18,19)7-4-14-10(16-13)15-5-7/h1-5,17H,13H2,(H,14,15,16). The minimum Gasteiger partial charge on any atom is -0.292 e. The number of hydrogen-bond acceptors (Lipinski definition) is 6. The van der Waals surface area contributed by atoms with Crippen LogP contribution in [0.4, 0.5) is 11.6 Å². The van der Waals surface area contributed by atoms with Crippen molar-refractivity contribution in [2.45, 2.75) is 4.90 Å². The number of sulfonamides is 1. The lowest BCUT2D eigenvalue weighted by atomic mass is 10.3. The smallest absolute Gasteiger partial charge is 0.264 e. The Hall–Kier alpha value is -1.42. The fraction of sp³-hybridized carbons (Fsp3) is 0. The minimum atomic E-state index is -3.78. The summed E-state index contributed by atoms with van der Waals surface area (Å²) in [5.74, 6) is 5.23. The van der Waals surface area contributed by atoms with E-state index in [9.17, 15) is 8.42 Å². The molecule has 1 heterocycles. The van der Waals surface area contributed by atoms with Gasteiger partial charge in [0.25, 0.3) is 10.0 Å². The maximum atomic E-state index is 12.1. The maximum absolute atomic E-state index is 12.1. The Morgan fingerprint density at radius 3 is 2.45 bits per heavy atom. The van der Waals surface area contributed by atoms with E-state index in [2.05, 4.69) is 36.0 Å². The van der Waals surface area contributed by atoms with Crippen molar-refractivity contribution in [1.82, 2.24) is 9.97 Å². The first kappa shape index (κ1) is 15.0. The first-order valence-electron chi connectivity index (χ1n) is 5.19. The predicted octanol–water partition coefficient (Wildman–Crippen LogP) is 1.98. The van der Waals surface area contributed by atoms with Crippen LogP contribution in [0.15, 0.2) is 40.0 Å². The molecule has 7 nitrogen and oxygen atoms in total. The third kappa shape index (κ3) is 3.37. The largest absolute Gasteiger partial charge is 0.292 e. The van der Waals surface area contributed by atoms with E-state index in [4.69, 9.17) is 17.4 Å². The van der Waals surface area contributed by atoms with E-state index in [1.807, 2.05) is 0 Å². The first-order valence-corrected chi connectivity index (χ1v) is 7.84. The highest BCUT2D eigenvalue weighted by atomic mass is 79.9. The van der Waals surface area contributed by atoms with Crippen LogP contribution < -0.4 is 16.0 Å². The summed E-state index contributed by atoms with van der Waals surface area (Å²) >= 11 is 9.05. The number of halogens is 2. The van der Waals surface area contributed by atoms with Crippen molar-refractivity contribution in [3.8, 4) is 0 Å². The van der Waals surface area contributed by atoms with Crippen LogP contribution in [-0.2, 0) is 10.0 Å². The Balaban J connectivity index is 2.27. The van der Waals surface area contributed by atoms with Gasteiger partial charge in [-0.2, -0.15) is 0 Å². The van der Waals surface area contributed by atoms with Gasteiger partial charge in [-0.05, 0) is 34.1 Å². The Kier molecular flexibility index (Phi) is 4.43. The third-order valence-electron chi connectivity index (χ3n) is 2.24. The van der Waals surface area contributed by atoms with Crippen LogP contribution in [0.2, 0.25) is 5.02 Å². The fourth-order valence-corrected chi connectivity index (χ4v) is 2.74. The SMILES string of the molecule is NNc1ncc(S(=O)(=O)Nc2ccc(Cl)c(Br)c2)cn1. The molecule has 0 saturated heterocycles. The molecule has 10 heteroatoms. The second kappa shape index (κ2) is 5.92. The van der Waals surface area contributed by atoms with Gasteiger partial charge in [0.05, 0.1) is 23.1 Å². The van der Waals surface area contributed by atoms with Crippen LogP contribution in [0.25, 0.3) is 0 Å². The van der Waals surface area contributed by atoms with E-state index >= 15 is 0 Å². The topological polar surface area (TPSA) is 110 Å². The average Bonchev–Trinajstić information content (AvgIpc) is 2.43. The van der Waals surface area contributed by atoms with Crippen LogP contribution in [-0.4, -0.2) is 18.4 Å². The maximum Gasteiger partial charge on any atom is 0.264 e. The number of nitrogens with one attached hydrogen (secondary N) is 2. The summed E-state index contributed by atoms with van der Waals surface area (Å²) in [6.07, 6.45) is 2.30. The first-order chi connectivity index (χ1) is 9.42. The normalized spacial score (nSPS) is 11.2. The summed E-state index contributed by atoms with van der Waals surface area (Å²) < 4.78 is 27.2. The molecule has 0 amide bonds. The van der Waals surface area contributed by atoms with E-state index in [1.165, 1.54) is 0 Å². The van der Waals surface area contributed by atoms with Gasteiger partial charge in [0, 0.05) is 4.47 Å². The molecule has 2 aromatic rings. The summed E-state index contributed by atoms with van der Waals surface area (Å²) in [4.78, 5) is 7.40. The number of anilines is 2. The summed E-state index contributed by atoms with van der Waals surface area (Å²) in [7, 11) is -3.78. The van der Waals surface area contributed by atoms with E-state index in [-0.39, 0.29) is 10.8 Å². The molecule has 106 valence electrons. The Morgan fingerprint density at radius 1 is 1.25 bits per heavy atom. The number of nitrogens with two attached hydrogens (primary N) is 1. The fourth-order valence-electron chi connectivity index (χ4n) is 1.30. The van der Waals surface area contributed by atoms with Crippen molar-refractivity contribution >= 4 is 49.2 Å². The van der Waals surface area contributed by atoms with Gasteiger partial charge in [-0.1, -0.05) is 11.6 Å². The van der Waals surface area contributed by atoms with Gasteiger partial charge in [-0.3, -0.25) is 10.1 Å². The number of nitrogens with zero attached hydrogens (tertiary/aromatic N) is 2. The molecule has 0 aliphatic rings. The van der Waals surface area contributed by atoms with Gasteiger partial charge in [0.1, 0.15) is 4.90 Å². The van der Waals surface area contributed by atoms with E-state index < -0.39 is 10.0 Å². The second-order valence-corrected chi connectivity index (χ2v) is 6.57. The summed E-state index contributed by atoms with van der Waals surface area (Å²) in [6, 6.07) is 4.67. The minimum absolute atomic E-state index is 0.0810. The highest BCUT2D eigenvalue weighted by Gasteiger charge is 2.16. The zero-order valence-electron chi connectivity index (χ0n) is 9.84. The zero-order valence-corrected chi connectivity index (χ0v) is 13.0. The lowest BCUT2D eigenvalue weighted by Gasteiger charge is -2.08. The summed E-state index contributed by atoms with van der Waals surface area (Å²) in [5.41, 5.74) is 2.57. The average molecular weight is 379 g/mol. The molecule has 20 heavy (non-hydrogen) atoms. The Bertz CT molecular complexity index is 723. The molecule has 0 fully saturated rings. The van der Waals surface area contributed by atoms with Crippen LogP contribution in [0.3, 0.4) is 0 Å². The van der Waals surface area contributed by atoms with Crippen molar-refractivity contribution in [3.63, 3.8) is 0 Å². The molecular weight excluding hydrogens is 370 g/mol. The molecule has 0 saturated carbocycles. The molecule has 1 aromatic heterocycles. The lowest BCUT2D eigenvalue weighted by Crippen LogP contribution is -2.15. The molecule has 0 unspecified atom stereocenters. The number of aromatic nitrogens is 2. The van der Waals surface area contributed by atoms with Crippen LogP contribution in [0, 0.1) is 0 Å². The van der Waals surface area contributed by atoms with Crippen molar-refractivity contribution < 1.29 is 8.42 Å². The molecule has 0 bridgehead atoms. The number of hydrogen-bond donors (Lipinski definition) is 3. The molecule has 0 aliphatic heterocycles. The quantitative estimate of drug-likeness (QED) is 0.554. The van der Waals surface area contributed by atoms with Gasteiger partial charge in [-0.25, -0.2) is 24.2 Å². The molecule has 0 atom stereocenters. The number of hydrazine groups is 1. The number of nitrogen functional groups attached to an aromatic ring is 1. The molecule has 1 aromatic carbocycles. The number of rotatable bonds is 4. The van der Waals surface area contributed by atoms with Crippen LogP contribution in [0.5, 0.6) is 0 Å². The summed E-state index contributed by atoms with van der Waals surface area (Å²) in [6.45, 7) is 0. The molecule has 0 spiro atoms.